The van der Waals surface area contributed by atoms with Crippen molar-refractivity contribution < 1.29 is 4.52 Å². The molecule has 2 atom stereocenters. The molecule has 3 rings (SSSR count). The quantitative estimate of drug-likeness (QED) is 0.791. The van der Waals surface area contributed by atoms with Crippen LogP contribution in [0.1, 0.15) is 24.6 Å². The van der Waals surface area contributed by atoms with Crippen LogP contribution in [0.3, 0.4) is 0 Å². The van der Waals surface area contributed by atoms with Crippen LogP contribution in [-0.2, 0) is 0 Å². The number of hydrogen-bond donors (Lipinski definition) is 1. The second-order valence-electron chi connectivity index (χ2n) is 4.10. The number of rotatable bonds is 1. The van der Waals surface area contributed by atoms with E-state index in [0.29, 0.717) is 17.8 Å². The van der Waals surface area contributed by atoms with Crippen molar-refractivity contribution in [3.05, 3.63) is 17.8 Å². The van der Waals surface area contributed by atoms with Gasteiger partial charge < -0.3 is 9.84 Å². The van der Waals surface area contributed by atoms with Gasteiger partial charge in [-0.25, -0.2) is 0 Å². The van der Waals surface area contributed by atoms with Crippen molar-refractivity contribution in [3.8, 4) is 0 Å². The Morgan fingerprint density at radius 1 is 1.53 bits per heavy atom. The minimum atomic E-state index is 0. The highest BCUT2D eigenvalue weighted by molar-refractivity contribution is 5.85. The fraction of sp³-hybridized carbons (Fsp3) is 0.600. The van der Waals surface area contributed by atoms with Crippen LogP contribution < -0.4 is 5.32 Å². The predicted octanol–water partition coefficient (Wildman–Crippen LogP) is 1.57. The molecule has 0 saturated carbocycles. The summed E-state index contributed by atoms with van der Waals surface area (Å²) in [5, 5.41) is 7.30. The van der Waals surface area contributed by atoms with Crippen LogP contribution in [0, 0.1) is 12.8 Å². The summed E-state index contributed by atoms with van der Waals surface area (Å²) in [6.07, 6.45) is 4.60. The first-order valence-corrected chi connectivity index (χ1v) is 5.07. The Morgan fingerprint density at radius 2 is 2.40 bits per heavy atom. The molecule has 1 fully saturated rings. The van der Waals surface area contributed by atoms with Gasteiger partial charge in [0.25, 0.3) is 5.89 Å². The Labute approximate surface area is 94.5 Å². The number of allylic oxidation sites excluding steroid dienone is 1. The van der Waals surface area contributed by atoms with Gasteiger partial charge in [-0.3, -0.25) is 0 Å². The van der Waals surface area contributed by atoms with E-state index in [1.54, 1.807) is 0 Å². The molecule has 0 radical (unpaired) electrons. The van der Waals surface area contributed by atoms with Gasteiger partial charge >= 0.3 is 0 Å². The van der Waals surface area contributed by atoms with E-state index in [0.717, 1.165) is 18.9 Å². The molecule has 82 valence electrons. The van der Waals surface area contributed by atoms with Gasteiger partial charge in [0.1, 0.15) is 0 Å². The van der Waals surface area contributed by atoms with Gasteiger partial charge in [-0.05, 0) is 32.2 Å². The molecule has 0 spiro atoms. The lowest BCUT2D eigenvalue weighted by molar-refractivity contribution is 0.397. The summed E-state index contributed by atoms with van der Waals surface area (Å²) in [6, 6.07) is 0.439. The number of aryl methyl sites for hydroxylation is 1. The van der Waals surface area contributed by atoms with Gasteiger partial charge in [-0.1, -0.05) is 11.2 Å². The molecule has 1 saturated heterocycles. The van der Waals surface area contributed by atoms with Gasteiger partial charge in [0.2, 0.25) is 0 Å². The molecule has 1 aromatic heterocycles. The first-order valence-electron chi connectivity index (χ1n) is 5.07. The van der Waals surface area contributed by atoms with Crippen LogP contribution in [-0.4, -0.2) is 22.7 Å². The van der Waals surface area contributed by atoms with Crippen LogP contribution in [0.15, 0.2) is 10.6 Å². The molecule has 2 heterocycles. The summed E-state index contributed by atoms with van der Waals surface area (Å²) in [6.45, 7) is 2.97. The van der Waals surface area contributed by atoms with Crippen LogP contribution in [0.4, 0.5) is 0 Å². The Hall–Kier alpha value is -0.870. The van der Waals surface area contributed by atoms with Crippen molar-refractivity contribution in [3.63, 3.8) is 0 Å². The lowest BCUT2D eigenvalue weighted by Gasteiger charge is -2.16. The zero-order chi connectivity index (χ0) is 9.54. The first kappa shape index (κ1) is 10.6. The number of nitrogens with zero attached hydrogens (tertiary/aromatic N) is 2. The van der Waals surface area contributed by atoms with Crippen molar-refractivity contribution in [1.82, 2.24) is 15.5 Å². The predicted molar refractivity (Wildman–Crippen MR) is 58.8 cm³/mol. The van der Waals surface area contributed by atoms with E-state index in [-0.39, 0.29) is 12.4 Å². The summed E-state index contributed by atoms with van der Waals surface area (Å²) in [7, 11) is 0. The maximum absolute atomic E-state index is 5.18. The largest absolute Gasteiger partial charge is 0.334 e. The third kappa shape index (κ3) is 1.79. The van der Waals surface area contributed by atoms with Crippen molar-refractivity contribution in [2.75, 3.05) is 6.54 Å². The Bertz CT molecular complexity index is 388. The van der Waals surface area contributed by atoms with E-state index in [1.165, 1.54) is 12.0 Å². The van der Waals surface area contributed by atoms with E-state index >= 15 is 0 Å². The number of halogens is 1. The molecule has 2 aliphatic rings. The van der Waals surface area contributed by atoms with E-state index in [2.05, 4.69) is 21.5 Å². The summed E-state index contributed by atoms with van der Waals surface area (Å²) < 4.78 is 5.18. The minimum absolute atomic E-state index is 0. The molecule has 0 amide bonds. The zero-order valence-corrected chi connectivity index (χ0v) is 9.38. The average Bonchev–Trinajstić information content (AvgIpc) is 2.75. The highest BCUT2D eigenvalue weighted by Gasteiger charge is 2.32. The lowest BCUT2D eigenvalue weighted by Crippen LogP contribution is -2.22. The van der Waals surface area contributed by atoms with Crippen LogP contribution >= 0.6 is 12.4 Å². The summed E-state index contributed by atoms with van der Waals surface area (Å²) >= 11 is 0. The Morgan fingerprint density at radius 3 is 3.13 bits per heavy atom. The molecule has 1 aliphatic carbocycles. The van der Waals surface area contributed by atoms with Gasteiger partial charge in [0.15, 0.2) is 5.82 Å². The lowest BCUT2D eigenvalue weighted by atomic mass is 9.90. The van der Waals surface area contributed by atoms with Crippen LogP contribution in [0.5, 0.6) is 0 Å². The van der Waals surface area contributed by atoms with Crippen LogP contribution in [0.25, 0.3) is 5.57 Å². The molecule has 2 unspecified atom stereocenters. The number of hydrogen-bond acceptors (Lipinski definition) is 4. The number of aromatic nitrogens is 2. The van der Waals surface area contributed by atoms with Gasteiger partial charge in [0.05, 0.1) is 0 Å². The van der Waals surface area contributed by atoms with E-state index in [4.69, 9.17) is 4.52 Å². The Kier molecular flexibility index (Phi) is 2.80. The normalized spacial score (nSPS) is 28.5. The SMILES string of the molecule is Cc1noc(C2=CCC3CNC2C3)n1.Cl. The van der Waals surface area contributed by atoms with Crippen LogP contribution in [0.2, 0.25) is 0 Å². The molecule has 15 heavy (non-hydrogen) atoms. The van der Waals surface area contributed by atoms with E-state index < -0.39 is 0 Å². The van der Waals surface area contributed by atoms with E-state index in [1.807, 2.05) is 6.92 Å². The van der Waals surface area contributed by atoms with Crippen molar-refractivity contribution in [2.24, 2.45) is 5.92 Å². The number of fused-ring (bicyclic) bond motifs is 2. The monoisotopic (exact) mass is 227 g/mol. The second-order valence-corrected chi connectivity index (χ2v) is 4.10. The molecule has 4 nitrogen and oxygen atoms in total. The topological polar surface area (TPSA) is 51.0 Å². The van der Waals surface area contributed by atoms with Gasteiger partial charge in [-0.15, -0.1) is 12.4 Å². The molecular weight excluding hydrogens is 214 g/mol. The molecule has 5 heteroatoms. The molecule has 0 aromatic carbocycles. The highest BCUT2D eigenvalue weighted by atomic mass is 35.5. The standard InChI is InChI=1S/C10H13N3O.ClH/c1-6-12-10(14-13-6)8-3-2-7-4-9(8)11-5-7;/h3,7,9,11H,2,4-5H2,1H3;1H. The Balaban J connectivity index is 0.000000853. The molecule has 2 bridgehead atoms. The maximum atomic E-state index is 5.18. The van der Waals surface area contributed by atoms with Gasteiger partial charge in [0, 0.05) is 11.6 Å². The summed E-state index contributed by atoms with van der Waals surface area (Å²) in [4.78, 5) is 4.27. The molecule has 1 aliphatic heterocycles. The fourth-order valence-corrected chi connectivity index (χ4v) is 2.31. The highest BCUT2D eigenvalue weighted by Crippen LogP contribution is 2.33. The number of nitrogens with one attached hydrogen (secondary N) is 1. The third-order valence-corrected chi connectivity index (χ3v) is 3.04. The third-order valence-electron chi connectivity index (χ3n) is 3.04. The van der Waals surface area contributed by atoms with Crippen molar-refractivity contribution >= 4 is 18.0 Å². The summed E-state index contributed by atoms with van der Waals surface area (Å²) in [5.41, 5.74) is 1.19. The average molecular weight is 228 g/mol. The summed E-state index contributed by atoms with van der Waals surface area (Å²) in [5.74, 6) is 2.22. The van der Waals surface area contributed by atoms with E-state index in [9.17, 15) is 0 Å². The molecule has 1 aromatic rings. The smallest absolute Gasteiger partial charge is 0.255 e. The molecular formula is C10H14ClN3O. The maximum Gasteiger partial charge on any atom is 0.255 e. The fourth-order valence-electron chi connectivity index (χ4n) is 2.31. The second kappa shape index (κ2) is 3.94. The zero-order valence-electron chi connectivity index (χ0n) is 8.56. The minimum Gasteiger partial charge on any atom is -0.334 e. The first-order chi connectivity index (χ1) is 6.83. The molecule has 1 N–H and O–H groups in total. The van der Waals surface area contributed by atoms with Gasteiger partial charge in [-0.2, -0.15) is 4.98 Å². The van der Waals surface area contributed by atoms with Crippen molar-refractivity contribution in [1.29, 1.82) is 0 Å². The van der Waals surface area contributed by atoms with Crippen molar-refractivity contribution in [2.45, 2.75) is 25.8 Å².